The van der Waals surface area contributed by atoms with Crippen molar-refractivity contribution in [3.8, 4) is 0 Å². The average Bonchev–Trinajstić information content (AvgIpc) is 2.34. The van der Waals surface area contributed by atoms with E-state index in [0.717, 1.165) is 0 Å². The second-order valence-electron chi connectivity index (χ2n) is 1.62. The summed E-state index contributed by atoms with van der Waals surface area (Å²) in [7, 11) is 0. The molecule has 0 aliphatic rings. The van der Waals surface area contributed by atoms with E-state index in [1.165, 1.54) is 12.6 Å². The first-order chi connectivity index (χ1) is 4.79. The molecule has 0 aromatic carbocycles. The monoisotopic (exact) mass is 141 g/mol. The van der Waals surface area contributed by atoms with E-state index in [4.69, 9.17) is 15.6 Å². The van der Waals surface area contributed by atoms with Gasteiger partial charge < -0.3 is 14.9 Å². The van der Waals surface area contributed by atoms with E-state index in [1.807, 2.05) is 0 Å². The van der Waals surface area contributed by atoms with Crippen molar-refractivity contribution in [1.29, 1.82) is 5.41 Å². The molecule has 0 spiro atoms. The zero-order chi connectivity index (χ0) is 7.40. The Kier molecular flexibility index (Phi) is 1.89. The predicted octanol–water partition coefficient (Wildman–Crippen LogP) is 0.0847. The average molecular weight is 141 g/mol. The van der Waals surface area contributed by atoms with Crippen molar-refractivity contribution in [2.45, 2.75) is 6.61 Å². The third-order valence-corrected chi connectivity index (χ3v) is 0.853. The molecule has 0 fully saturated rings. The molecule has 1 aromatic rings. The number of ether oxygens (including phenoxy) is 1. The van der Waals surface area contributed by atoms with Gasteiger partial charge in [-0.2, -0.15) is 0 Å². The molecule has 0 aliphatic heterocycles. The molecule has 54 valence electrons. The van der Waals surface area contributed by atoms with Crippen molar-refractivity contribution >= 4 is 6.02 Å². The van der Waals surface area contributed by atoms with Crippen LogP contribution in [0.15, 0.2) is 17.0 Å². The van der Waals surface area contributed by atoms with Gasteiger partial charge in [0, 0.05) is 0 Å². The van der Waals surface area contributed by atoms with Crippen molar-refractivity contribution in [2.75, 3.05) is 0 Å². The molecule has 0 amide bonds. The first-order valence-corrected chi connectivity index (χ1v) is 2.63. The summed E-state index contributed by atoms with van der Waals surface area (Å²) in [6, 6.07) is -0.323. The summed E-state index contributed by atoms with van der Waals surface area (Å²) in [5.41, 5.74) is 4.91. The van der Waals surface area contributed by atoms with E-state index in [9.17, 15) is 0 Å². The number of oxazole rings is 1. The maximum absolute atomic E-state index is 6.69. The van der Waals surface area contributed by atoms with E-state index < -0.39 is 0 Å². The fraction of sp³-hybridized carbons (Fsp3) is 0.200. The van der Waals surface area contributed by atoms with Gasteiger partial charge in [-0.3, -0.25) is 5.41 Å². The molecule has 3 N–H and O–H groups in total. The quantitative estimate of drug-likeness (QED) is 0.451. The summed E-state index contributed by atoms with van der Waals surface area (Å²) >= 11 is 0. The van der Waals surface area contributed by atoms with Gasteiger partial charge in [-0.15, -0.1) is 0 Å². The first kappa shape index (κ1) is 6.60. The van der Waals surface area contributed by atoms with Gasteiger partial charge >= 0.3 is 0 Å². The predicted molar refractivity (Wildman–Crippen MR) is 33.2 cm³/mol. The molecule has 1 heterocycles. The van der Waals surface area contributed by atoms with E-state index in [0.29, 0.717) is 5.76 Å². The van der Waals surface area contributed by atoms with E-state index >= 15 is 0 Å². The number of nitrogens with two attached hydrogens (primary N) is 1. The second-order valence-corrected chi connectivity index (χ2v) is 1.62. The van der Waals surface area contributed by atoms with E-state index in [1.54, 1.807) is 0 Å². The number of rotatable bonds is 2. The zero-order valence-corrected chi connectivity index (χ0v) is 5.20. The molecule has 5 heteroatoms. The highest BCUT2D eigenvalue weighted by molar-refractivity contribution is 5.67. The summed E-state index contributed by atoms with van der Waals surface area (Å²) in [5, 5.41) is 6.69. The highest BCUT2D eigenvalue weighted by Gasteiger charge is 1.95. The number of amidine groups is 1. The molecule has 0 unspecified atom stereocenters. The Hall–Kier alpha value is -1.52. The van der Waals surface area contributed by atoms with Crippen molar-refractivity contribution in [3.63, 3.8) is 0 Å². The van der Waals surface area contributed by atoms with Gasteiger partial charge in [0.15, 0.2) is 18.8 Å². The van der Waals surface area contributed by atoms with Crippen LogP contribution in [0.1, 0.15) is 5.76 Å². The molecule has 0 aliphatic carbocycles. The number of nitrogens with one attached hydrogen (secondary N) is 1. The number of nitrogens with zero attached hydrogens (tertiary/aromatic N) is 1. The molecule has 0 saturated heterocycles. The third-order valence-electron chi connectivity index (χ3n) is 0.853. The Labute approximate surface area is 57.3 Å². The third kappa shape index (κ3) is 1.77. The molecule has 10 heavy (non-hydrogen) atoms. The lowest BCUT2D eigenvalue weighted by molar-refractivity contribution is 0.251. The first-order valence-electron chi connectivity index (χ1n) is 2.63. The highest BCUT2D eigenvalue weighted by Crippen LogP contribution is 1.97. The van der Waals surface area contributed by atoms with Gasteiger partial charge in [0.25, 0.3) is 6.02 Å². The van der Waals surface area contributed by atoms with Crippen LogP contribution in [0.4, 0.5) is 0 Å². The summed E-state index contributed by atoms with van der Waals surface area (Å²) in [5.74, 6) is 0.551. The standard InChI is InChI=1S/C5H7N3O2/c6-5(7)9-2-4-1-8-3-10-4/h1,3H,2H2,(H3,6,7). The molecule has 1 aromatic heterocycles. The Bertz CT molecular complexity index is 207. The lowest BCUT2D eigenvalue weighted by Gasteiger charge is -1.97. The maximum Gasteiger partial charge on any atom is 0.279 e. The van der Waals surface area contributed by atoms with Crippen LogP contribution in [0.3, 0.4) is 0 Å². The van der Waals surface area contributed by atoms with Crippen LogP contribution in [0.5, 0.6) is 0 Å². The van der Waals surface area contributed by atoms with Crippen molar-refractivity contribution in [3.05, 3.63) is 18.4 Å². The molecular formula is C5H7N3O2. The minimum absolute atomic E-state index is 0.162. The van der Waals surface area contributed by atoms with Gasteiger partial charge in [0.05, 0.1) is 6.20 Å². The van der Waals surface area contributed by atoms with Gasteiger partial charge in [0.1, 0.15) is 0 Å². The Balaban J connectivity index is 2.35. The Morgan fingerprint density at radius 1 is 1.90 bits per heavy atom. The molecular weight excluding hydrogens is 134 g/mol. The summed E-state index contributed by atoms with van der Waals surface area (Å²) in [6.45, 7) is 0.162. The Morgan fingerprint density at radius 2 is 2.70 bits per heavy atom. The van der Waals surface area contributed by atoms with Crippen molar-refractivity contribution in [1.82, 2.24) is 4.98 Å². The maximum atomic E-state index is 6.69. The van der Waals surface area contributed by atoms with E-state index in [-0.39, 0.29) is 12.6 Å². The molecule has 1 rings (SSSR count). The number of hydrogen-bond donors (Lipinski definition) is 2. The zero-order valence-electron chi connectivity index (χ0n) is 5.20. The van der Waals surface area contributed by atoms with E-state index in [2.05, 4.69) is 9.72 Å². The van der Waals surface area contributed by atoms with Crippen LogP contribution >= 0.6 is 0 Å². The van der Waals surface area contributed by atoms with Gasteiger partial charge in [0.2, 0.25) is 0 Å². The minimum Gasteiger partial charge on any atom is -0.457 e. The van der Waals surface area contributed by atoms with Gasteiger partial charge in [-0.25, -0.2) is 4.98 Å². The minimum atomic E-state index is -0.323. The molecule has 0 bridgehead atoms. The van der Waals surface area contributed by atoms with Crippen molar-refractivity contribution in [2.24, 2.45) is 5.73 Å². The molecule has 0 radical (unpaired) electrons. The lowest BCUT2D eigenvalue weighted by atomic mass is 10.6. The number of aromatic nitrogens is 1. The van der Waals surface area contributed by atoms with Crippen LogP contribution < -0.4 is 5.73 Å². The van der Waals surface area contributed by atoms with Gasteiger partial charge in [-0.05, 0) is 0 Å². The SMILES string of the molecule is N=C(N)OCc1cnco1. The summed E-state index contributed by atoms with van der Waals surface area (Å²) < 4.78 is 9.41. The lowest BCUT2D eigenvalue weighted by Crippen LogP contribution is -2.13. The van der Waals surface area contributed by atoms with Crippen LogP contribution in [0, 0.1) is 5.41 Å². The fourth-order valence-corrected chi connectivity index (χ4v) is 0.462. The van der Waals surface area contributed by atoms with Gasteiger partial charge in [-0.1, -0.05) is 0 Å². The van der Waals surface area contributed by atoms with Crippen LogP contribution in [-0.2, 0) is 11.3 Å². The summed E-state index contributed by atoms with van der Waals surface area (Å²) in [4.78, 5) is 3.64. The summed E-state index contributed by atoms with van der Waals surface area (Å²) in [6.07, 6.45) is 2.79. The Morgan fingerprint density at radius 3 is 3.20 bits per heavy atom. The molecule has 0 saturated carbocycles. The highest BCUT2D eigenvalue weighted by atomic mass is 16.5. The smallest absolute Gasteiger partial charge is 0.279 e. The molecule has 0 atom stereocenters. The number of hydrogen-bond acceptors (Lipinski definition) is 4. The fourth-order valence-electron chi connectivity index (χ4n) is 0.462. The second kappa shape index (κ2) is 2.86. The van der Waals surface area contributed by atoms with Crippen molar-refractivity contribution < 1.29 is 9.15 Å². The largest absolute Gasteiger partial charge is 0.457 e. The van der Waals surface area contributed by atoms with Crippen LogP contribution in [0.2, 0.25) is 0 Å². The van der Waals surface area contributed by atoms with Crippen LogP contribution in [0.25, 0.3) is 0 Å². The molecule has 5 nitrogen and oxygen atoms in total. The normalized spacial score (nSPS) is 9.20. The topological polar surface area (TPSA) is 85.1 Å². The van der Waals surface area contributed by atoms with Crippen LogP contribution in [-0.4, -0.2) is 11.0 Å².